The van der Waals surface area contributed by atoms with Gasteiger partial charge in [0.2, 0.25) is 0 Å². The summed E-state index contributed by atoms with van der Waals surface area (Å²) >= 11 is 0. The second kappa shape index (κ2) is 7.83. The quantitative estimate of drug-likeness (QED) is 0.514. The van der Waals surface area contributed by atoms with E-state index in [-0.39, 0.29) is 0 Å². The van der Waals surface area contributed by atoms with Gasteiger partial charge in [0.15, 0.2) is 0 Å². The van der Waals surface area contributed by atoms with Crippen LogP contribution >= 0.6 is 0 Å². The Kier molecular flexibility index (Phi) is 5.02. The summed E-state index contributed by atoms with van der Waals surface area (Å²) in [5, 5.41) is 3.80. The third kappa shape index (κ3) is 3.29. The van der Waals surface area contributed by atoms with Gasteiger partial charge in [-0.1, -0.05) is 68.4 Å². The maximum absolute atomic E-state index is 6.36. The highest BCUT2D eigenvalue weighted by atomic mass is 16.5. The zero-order chi connectivity index (χ0) is 20.7. The fourth-order valence-electron chi connectivity index (χ4n) is 5.20. The van der Waals surface area contributed by atoms with Crippen molar-refractivity contribution in [2.45, 2.75) is 58.4 Å². The monoisotopic (exact) mass is 397 g/mol. The van der Waals surface area contributed by atoms with Crippen molar-refractivity contribution >= 4 is 5.69 Å². The maximum Gasteiger partial charge on any atom is 0.127 e. The van der Waals surface area contributed by atoms with Crippen LogP contribution in [0.25, 0.3) is 0 Å². The molecule has 0 saturated carbocycles. The summed E-state index contributed by atoms with van der Waals surface area (Å²) in [6.07, 6.45) is 3.51. The molecule has 1 aliphatic heterocycles. The van der Waals surface area contributed by atoms with Crippen molar-refractivity contribution < 1.29 is 4.74 Å². The summed E-state index contributed by atoms with van der Waals surface area (Å²) < 4.78 is 6.36. The van der Waals surface area contributed by atoms with Gasteiger partial charge in [-0.15, -0.1) is 0 Å². The van der Waals surface area contributed by atoms with Crippen molar-refractivity contribution in [2.24, 2.45) is 0 Å². The fourth-order valence-corrected chi connectivity index (χ4v) is 5.20. The summed E-state index contributed by atoms with van der Waals surface area (Å²) in [5.41, 5.74) is 11.1. The van der Waals surface area contributed by atoms with Crippen molar-refractivity contribution in [3.8, 4) is 5.75 Å². The first-order valence-electron chi connectivity index (χ1n) is 11.3. The Balaban J connectivity index is 1.53. The van der Waals surface area contributed by atoms with Gasteiger partial charge in [0.05, 0.1) is 6.61 Å². The van der Waals surface area contributed by atoms with Crippen LogP contribution in [0.5, 0.6) is 5.75 Å². The first-order chi connectivity index (χ1) is 14.6. The zero-order valence-corrected chi connectivity index (χ0v) is 18.3. The SMILES string of the molecule is Cc1c(NCc2ccccc2)c2c(c3c1C(c1ccc(C(C)C)cc1)CO3)CCC2. The number of anilines is 1. The first-order valence-corrected chi connectivity index (χ1v) is 11.3. The first kappa shape index (κ1) is 19.2. The molecule has 3 aromatic carbocycles. The molecule has 154 valence electrons. The molecular weight excluding hydrogens is 366 g/mol. The van der Waals surface area contributed by atoms with Gasteiger partial charge in [0.25, 0.3) is 0 Å². The van der Waals surface area contributed by atoms with E-state index in [1.165, 1.54) is 56.8 Å². The zero-order valence-electron chi connectivity index (χ0n) is 18.3. The van der Waals surface area contributed by atoms with E-state index in [0.717, 1.165) is 26.0 Å². The molecule has 0 saturated heterocycles. The van der Waals surface area contributed by atoms with Crippen molar-refractivity contribution in [3.05, 3.63) is 93.5 Å². The minimum absolute atomic E-state index is 0.324. The highest BCUT2D eigenvalue weighted by Crippen LogP contribution is 2.49. The van der Waals surface area contributed by atoms with Crippen LogP contribution in [-0.4, -0.2) is 6.61 Å². The molecule has 1 heterocycles. The van der Waals surface area contributed by atoms with Crippen LogP contribution in [0.2, 0.25) is 0 Å². The summed E-state index contributed by atoms with van der Waals surface area (Å²) in [5.74, 6) is 2.07. The van der Waals surface area contributed by atoms with Crippen LogP contribution in [-0.2, 0) is 19.4 Å². The fraction of sp³-hybridized carbons (Fsp3) is 0.357. The lowest BCUT2D eigenvalue weighted by molar-refractivity contribution is 0.340. The molecule has 5 rings (SSSR count). The maximum atomic E-state index is 6.36. The summed E-state index contributed by atoms with van der Waals surface area (Å²) in [4.78, 5) is 0. The molecule has 30 heavy (non-hydrogen) atoms. The smallest absolute Gasteiger partial charge is 0.127 e. The molecule has 3 aromatic rings. The predicted molar refractivity (Wildman–Crippen MR) is 125 cm³/mol. The lowest BCUT2D eigenvalue weighted by Gasteiger charge is -2.21. The lowest BCUT2D eigenvalue weighted by atomic mass is 9.85. The number of nitrogens with one attached hydrogen (secondary N) is 1. The number of benzene rings is 3. The normalized spacial score (nSPS) is 17.0. The van der Waals surface area contributed by atoms with Crippen LogP contribution in [0, 0.1) is 6.92 Å². The van der Waals surface area contributed by atoms with E-state index in [1.807, 2.05) is 0 Å². The highest BCUT2D eigenvalue weighted by Gasteiger charge is 2.34. The number of rotatable bonds is 5. The van der Waals surface area contributed by atoms with E-state index in [4.69, 9.17) is 4.74 Å². The van der Waals surface area contributed by atoms with Crippen LogP contribution < -0.4 is 10.1 Å². The Morgan fingerprint density at radius 3 is 2.43 bits per heavy atom. The largest absolute Gasteiger partial charge is 0.492 e. The summed E-state index contributed by atoms with van der Waals surface area (Å²) in [6.45, 7) is 8.41. The average molecular weight is 398 g/mol. The van der Waals surface area contributed by atoms with Gasteiger partial charge in [0.1, 0.15) is 5.75 Å². The topological polar surface area (TPSA) is 21.3 Å². The third-order valence-electron chi connectivity index (χ3n) is 6.88. The Morgan fingerprint density at radius 1 is 0.967 bits per heavy atom. The predicted octanol–water partition coefficient (Wildman–Crippen LogP) is 6.74. The number of fused-ring (bicyclic) bond motifs is 3. The van der Waals surface area contributed by atoms with Crippen molar-refractivity contribution in [3.63, 3.8) is 0 Å². The van der Waals surface area contributed by atoms with E-state index in [1.54, 1.807) is 0 Å². The molecule has 1 atom stereocenters. The van der Waals surface area contributed by atoms with Crippen LogP contribution in [0.3, 0.4) is 0 Å². The van der Waals surface area contributed by atoms with Crippen LogP contribution in [0.4, 0.5) is 5.69 Å². The third-order valence-corrected chi connectivity index (χ3v) is 6.88. The summed E-state index contributed by atoms with van der Waals surface area (Å²) in [6, 6.07) is 19.9. The van der Waals surface area contributed by atoms with Gasteiger partial charge >= 0.3 is 0 Å². The van der Waals surface area contributed by atoms with Gasteiger partial charge in [-0.05, 0) is 65.5 Å². The van der Waals surface area contributed by atoms with Gasteiger partial charge in [-0.2, -0.15) is 0 Å². The number of hydrogen-bond acceptors (Lipinski definition) is 2. The molecule has 1 unspecified atom stereocenters. The van der Waals surface area contributed by atoms with Crippen molar-refractivity contribution in [2.75, 3.05) is 11.9 Å². The van der Waals surface area contributed by atoms with Gasteiger partial charge in [-0.3, -0.25) is 0 Å². The van der Waals surface area contributed by atoms with Crippen molar-refractivity contribution in [1.29, 1.82) is 0 Å². The molecule has 1 N–H and O–H groups in total. The van der Waals surface area contributed by atoms with Crippen molar-refractivity contribution in [1.82, 2.24) is 0 Å². The van der Waals surface area contributed by atoms with Gasteiger partial charge in [0, 0.05) is 23.7 Å². The number of ether oxygens (including phenoxy) is 1. The van der Waals surface area contributed by atoms with E-state index in [2.05, 4.69) is 80.7 Å². The molecule has 0 spiro atoms. The Labute approximate surface area is 180 Å². The minimum atomic E-state index is 0.324. The molecule has 2 aliphatic rings. The molecule has 0 radical (unpaired) electrons. The molecule has 0 fully saturated rings. The molecule has 0 bridgehead atoms. The molecule has 2 nitrogen and oxygen atoms in total. The van der Waals surface area contributed by atoms with E-state index >= 15 is 0 Å². The van der Waals surface area contributed by atoms with E-state index in [0.29, 0.717) is 11.8 Å². The van der Waals surface area contributed by atoms with E-state index in [9.17, 15) is 0 Å². The molecule has 1 aliphatic carbocycles. The minimum Gasteiger partial charge on any atom is -0.492 e. The summed E-state index contributed by atoms with van der Waals surface area (Å²) in [7, 11) is 0. The van der Waals surface area contributed by atoms with Crippen LogP contribution in [0.15, 0.2) is 54.6 Å². The van der Waals surface area contributed by atoms with E-state index < -0.39 is 0 Å². The Hall–Kier alpha value is -2.74. The van der Waals surface area contributed by atoms with Gasteiger partial charge in [-0.25, -0.2) is 0 Å². The standard InChI is InChI=1S/C28H31NO/c1-18(2)21-12-14-22(15-13-21)25-17-30-28-24-11-7-10-23(24)27(19(3)26(25)28)29-16-20-8-5-4-6-9-20/h4-6,8-9,12-15,18,25,29H,7,10-11,16-17H2,1-3H3. The lowest BCUT2D eigenvalue weighted by Crippen LogP contribution is -2.08. The Bertz CT molecular complexity index is 1050. The second-order valence-corrected chi connectivity index (χ2v) is 9.08. The average Bonchev–Trinajstić information content (AvgIpc) is 3.42. The molecular formula is C28H31NO. The molecule has 2 heteroatoms. The molecule has 0 amide bonds. The molecule has 0 aromatic heterocycles. The highest BCUT2D eigenvalue weighted by molar-refractivity contribution is 5.72. The Morgan fingerprint density at radius 2 is 1.70 bits per heavy atom. The second-order valence-electron chi connectivity index (χ2n) is 9.08. The van der Waals surface area contributed by atoms with Gasteiger partial charge < -0.3 is 10.1 Å². The number of hydrogen-bond donors (Lipinski definition) is 1. The van der Waals surface area contributed by atoms with Crippen LogP contribution in [0.1, 0.15) is 71.0 Å².